The minimum Gasteiger partial charge on any atom is -0.455 e. The molecule has 0 saturated carbocycles. The van der Waals surface area contributed by atoms with Crippen molar-refractivity contribution in [2.75, 3.05) is 0 Å². The molecule has 0 aliphatic carbocycles. The van der Waals surface area contributed by atoms with E-state index in [1.54, 1.807) is 0 Å². The van der Waals surface area contributed by atoms with Crippen molar-refractivity contribution in [1.82, 2.24) is 15.0 Å². The third kappa shape index (κ3) is 5.56. The van der Waals surface area contributed by atoms with Crippen LogP contribution in [0.1, 0.15) is 0 Å². The summed E-state index contributed by atoms with van der Waals surface area (Å²) in [6.07, 6.45) is 3.63. The highest BCUT2D eigenvalue weighted by Crippen LogP contribution is 2.44. The van der Waals surface area contributed by atoms with Gasteiger partial charge in [-0.05, 0) is 76.3 Å². The number of hydrogen-bond acceptors (Lipinski definition) is 5. The SMILES string of the molecule is c1ccc(-c2cc(-c3ccc(-c4ccc(-c5ccc6sc7ccccc7c6c5)c5c4oc4ccccc45)cc3)nc(-c3ccc(-c4ccncc4)cc3)n2)cc1. The molecule has 0 amide bonds. The fourth-order valence-electron chi connectivity index (χ4n) is 7.85. The number of para-hydroxylation sites is 1. The Hall–Kier alpha value is -7.21. The van der Waals surface area contributed by atoms with Gasteiger partial charge in [-0.1, -0.05) is 127 Å². The number of nitrogens with zero attached hydrogens (tertiary/aromatic N) is 3. The van der Waals surface area contributed by atoms with Gasteiger partial charge in [0.2, 0.25) is 0 Å². The third-order valence-corrected chi connectivity index (χ3v) is 11.8. The van der Waals surface area contributed by atoms with Gasteiger partial charge in [0, 0.05) is 65.6 Å². The maximum absolute atomic E-state index is 6.70. The fraction of sp³-hybridized carbons (Fsp3) is 0. The molecule has 0 unspecified atom stereocenters. The Morgan fingerprint density at radius 1 is 0.393 bits per heavy atom. The summed E-state index contributed by atoms with van der Waals surface area (Å²) in [4.78, 5) is 14.3. The third-order valence-electron chi connectivity index (χ3n) is 10.7. The van der Waals surface area contributed by atoms with E-state index in [2.05, 4.69) is 145 Å². The number of aromatic nitrogens is 3. The Kier molecular flexibility index (Phi) is 7.64. The molecule has 0 aliphatic heterocycles. The zero-order chi connectivity index (χ0) is 37.0. The first kappa shape index (κ1) is 32.2. The maximum atomic E-state index is 6.70. The van der Waals surface area contributed by atoms with Crippen molar-refractivity contribution >= 4 is 53.4 Å². The van der Waals surface area contributed by atoms with Crippen LogP contribution in [0.4, 0.5) is 0 Å². The molecule has 0 N–H and O–H groups in total. The molecule has 0 spiro atoms. The smallest absolute Gasteiger partial charge is 0.160 e. The molecule has 4 nitrogen and oxygen atoms in total. The molecular weight excluding hydrogens is 703 g/mol. The van der Waals surface area contributed by atoms with E-state index in [1.165, 1.54) is 31.3 Å². The predicted octanol–water partition coefficient (Wildman–Crippen LogP) is 14.1. The molecule has 0 bridgehead atoms. The van der Waals surface area contributed by atoms with Crippen LogP contribution in [0, 0.1) is 0 Å². The van der Waals surface area contributed by atoms with Gasteiger partial charge in [0.1, 0.15) is 11.2 Å². The van der Waals surface area contributed by atoms with Crippen molar-refractivity contribution in [3.8, 4) is 67.3 Å². The van der Waals surface area contributed by atoms with E-state index >= 15 is 0 Å². The average molecular weight is 734 g/mol. The number of rotatable bonds is 6. The van der Waals surface area contributed by atoms with Gasteiger partial charge in [-0.15, -0.1) is 11.3 Å². The predicted molar refractivity (Wildman–Crippen MR) is 233 cm³/mol. The second-order valence-corrected chi connectivity index (χ2v) is 15.1. The van der Waals surface area contributed by atoms with Gasteiger partial charge in [0.25, 0.3) is 0 Å². The van der Waals surface area contributed by atoms with Gasteiger partial charge in [-0.2, -0.15) is 0 Å². The molecule has 0 radical (unpaired) electrons. The summed E-state index contributed by atoms with van der Waals surface area (Å²) in [6, 6.07) is 61.8. The van der Waals surface area contributed by atoms with Gasteiger partial charge in [0.15, 0.2) is 5.82 Å². The lowest BCUT2D eigenvalue weighted by Crippen LogP contribution is -1.96. The van der Waals surface area contributed by atoms with E-state index in [9.17, 15) is 0 Å². The van der Waals surface area contributed by atoms with E-state index in [1.807, 2.05) is 60.1 Å². The number of pyridine rings is 1. The highest BCUT2D eigenvalue weighted by Gasteiger charge is 2.19. The molecule has 5 heteroatoms. The lowest BCUT2D eigenvalue weighted by molar-refractivity contribution is 0.670. The lowest BCUT2D eigenvalue weighted by atomic mass is 9.93. The zero-order valence-electron chi connectivity index (χ0n) is 30.1. The lowest BCUT2D eigenvalue weighted by Gasteiger charge is -2.11. The van der Waals surface area contributed by atoms with Crippen LogP contribution in [0.2, 0.25) is 0 Å². The molecular formula is C51H31N3OS. The van der Waals surface area contributed by atoms with Gasteiger partial charge >= 0.3 is 0 Å². The van der Waals surface area contributed by atoms with Crippen molar-refractivity contribution in [2.45, 2.75) is 0 Å². The highest BCUT2D eigenvalue weighted by molar-refractivity contribution is 7.25. The van der Waals surface area contributed by atoms with Crippen molar-refractivity contribution in [1.29, 1.82) is 0 Å². The van der Waals surface area contributed by atoms with Crippen molar-refractivity contribution in [3.05, 3.63) is 188 Å². The van der Waals surface area contributed by atoms with E-state index in [-0.39, 0.29) is 0 Å². The summed E-state index contributed by atoms with van der Waals surface area (Å²) in [7, 11) is 0. The van der Waals surface area contributed by atoms with Gasteiger partial charge in [0.05, 0.1) is 11.4 Å². The molecule has 0 fully saturated rings. The van der Waals surface area contributed by atoms with E-state index in [0.29, 0.717) is 5.82 Å². The summed E-state index contributed by atoms with van der Waals surface area (Å²) < 4.78 is 9.31. The summed E-state index contributed by atoms with van der Waals surface area (Å²) in [5, 5.41) is 4.82. The van der Waals surface area contributed by atoms with Crippen LogP contribution in [-0.4, -0.2) is 15.0 Å². The standard InChI is InChI=1S/C51H31N3OS/c1-2-8-35(9-3-1)44-31-45(54-51(53-44)37-20-14-32(15-21-37)33-26-28-52-29-27-33)36-18-16-34(17-19-36)40-24-23-39(49-42-11-4-6-12-46(42)55-50(40)49)38-22-25-48-43(30-38)41-10-5-7-13-47(41)56-48/h1-31H. The number of fused-ring (bicyclic) bond motifs is 6. The van der Waals surface area contributed by atoms with Crippen molar-refractivity contribution < 1.29 is 4.42 Å². The normalized spacial score (nSPS) is 11.6. The number of hydrogen-bond donors (Lipinski definition) is 0. The number of thiophene rings is 1. The van der Waals surface area contributed by atoms with Crippen molar-refractivity contribution in [3.63, 3.8) is 0 Å². The largest absolute Gasteiger partial charge is 0.455 e. The van der Waals surface area contributed by atoms with E-state index < -0.39 is 0 Å². The van der Waals surface area contributed by atoms with Gasteiger partial charge < -0.3 is 4.42 Å². The zero-order valence-corrected chi connectivity index (χ0v) is 30.9. The Morgan fingerprint density at radius 2 is 0.982 bits per heavy atom. The molecule has 0 atom stereocenters. The molecule has 4 heterocycles. The number of furan rings is 1. The highest BCUT2D eigenvalue weighted by atomic mass is 32.1. The Balaban J connectivity index is 1.00. The van der Waals surface area contributed by atoms with Crippen LogP contribution in [0.25, 0.3) is 109 Å². The van der Waals surface area contributed by atoms with Crippen LogP contribution >= 0.6 is 11.3 Å². The summed E-state index contributed by atoms with van der Waals surface area (Å²) in [6.45, 7) is 0. The average Bonchev–Trinajstić information content (AvgIpc) is 3.85. The minimum absolute atomic E-state index is 0.680. The topological polar surface area (TPSA) is 51.8 Å². The van der Waals surface area contributed by atoms with Gasteiger partial charge in [-0.25, -0.2) is 9.97 Å². The molecule has 4 aromatic heterocycles. The molecule has 0 aliphatic rings. The van der Waals surface area contributed by atoms with Crippen LogP contribution < -0.4 is 0 Å². The second kappa shape index (κ2) is 13.3. The Labute approximate surface area is 327 Å². The second-order valence-electron chi connectivity index (χ2n) is 14.0. The molecule has 262 valence electrons. The molecule has 7 aromatic carbocycles. The van der Waals surface area contributed by atoms with E-state index in [4.69, 9.17) is 14.4 Å². The van der Waals surface area contributed by atoms with Crippen LogP contribution in [0.5, 0.6) is 0 Å². The first-order chi connectivity index (χ1) is 27.7. The fourth-order valence-corrected chi connectivity index (χ4v) is 8.93. The molecule has 56 heavy (non-hydrogen) atoms. The van der Waals surface area contributed by atoms with Crippen LogP contribution in [0.15, 0.2) is 193 Å². The molecule has 0 saturated heterocycles. The summed E-state index contributed by atoms with van der Waals surface area (Å²) in [5.74, 6) is 0.680. The summed E-state index contributed by atoms with van der Waals surface area (Å²) in [5.41, 5.74) is 13.2. The van der Waals surface area contributed by atoms with Crippen LogP contribution in [0.3, 0.4) is 0 Å². The van der Waals surface area contributed by atoms with Crippen LogP contribution in [-0.2, 0) is 0 Å². The monoisotopic (exact) mass is 733 g/mol. The van der Waals surface area contributed by atoms with Gasteiger partial charge in [-0.3, -0.25) is 4.98 Å². The minimum atomic E-state index is 0.680. The summed E-state index contributed by atoms with van der Waals surface area (Å²) >= 11 is 1.84. The van der Waals surface area contributed by atoms with E-state index in [0.717, 1.165) is 72.3 Å². The first-order valence-electron chi connectivity index (χ1n) is 18.7. The first-order valence-corrected chi connectivity index (χ1v) is 19.5. The Morgan fingerprint density at radius 3 is 1.79 bits per heavy atom. The van der Waals surface area contributed by atoms with Crippen molar-refractivity contribution in [2.24, 2.45) is 0 Å². The molecule has 11 rings (SSSR count). The quantitative estimate of drug-likeness (QED) is 0.171. The molecule has 11 aromatic rings. The maximum Gasteiger partial charge on any atom is 0.160 e. The number of benzene rings is 7. The Bertz CT molecular complexity index is 3220.